The zero-order valence-electron chi connectivity index (χ0n) is 20.2. The van der Waals surface area contributed by atoms with Crippen LogP contribution >= 0.6 is 11.3 Å². The number of methoxy groups -OCH3 is 1. The van der Waals surface area contributed by atoms with Gasteiger partial charge in [0.15, 0.2) is 0 Å². The van der Waals surface area contributed by atoms with Crippen LogP contribution in [0.2, 0.25) is 0 Å². The van der Waals surface area contributed by atoms with Gasteiger partial charge in [-0.05, 0) is 55.7 Å². The first-order valence-electron chi connectivity index (χ1n) is 12.0. The van der Waals surface area contributed by atoms with Crippen molar-refractivity contribution < 1.29 is 28.2 Å². The van der Waals surface area contributed by atoms with E-state index in [1.54, 1.807) is 18.2 Å². The highest BCUT2D eigenvalue weighted by Gasteiger charge is 2.52. The normalized spacial score (nSPS) is 19.3. The fourth-order valence-electron chi connectivity index (χ4n) is 4.28. The number of amides is 1. The van der Waals surface area contributed by atoms with E-state index in [0.29, 0.717) is 17.7 Å². The predicted molar refractivity (Wildman–Crippen MR) is 133 cm³/mol. The molecule has 1 unspecified atom stereocenters. The maximum absolute atomic E-state index is 14.2. The summed E-state index contributed by atoms with van der Waals surface area (Å²) in [5, 5.41) is 10.5. The summed E-state index contributed by atoms with van der Waals surface area (Å²) in [4.78, 5) is 26.5. The maximum atomic E-state index is 14.2. The predicted octanol–water partition coefficient (Wildman–Crippen LogP) is 5.28. The van der Waals surface area contributed by atoms with Crippen molar-refractivity contribution in [2.75, 3.05) is 13.7 Å². The van der Waals surface area contributed by atoms with Crippen LogP contribution < -0.4 is 0 Å². The van der Waals surface area contributed by atoms with Gasteiger partial charge < -0.3 is 14.7 Å². The summed E-state index contributed by atoms with van der Waals surface area (Å²) in [6.45, 7) is 2.12. The van der Waals surface area contributed by atoms with E-state index in [4.69, 9.17) is 4.74 Å². The number of rotatable bonds is 12. The first-order chi connectivity index (χ1) is 16.7. The Morgan fingerprint density at radius 1 is 1.23 bits per heavy atom. The number of thiophene rings is 1. The zero-order chi connectivity index (χ0) is 25.4. The minimum atomic E-state index is -3.40. The molecular weight excluding hydrogens is 472 g/mol. The number of ether oxygens (including phenoxy) is 1. The van der Waals surface area contributed by atoms with E-state index in [1.165, 1.54) is 28.9 Å². The highest BCUT2D eigenvalue weighted by molar-refractivity contribution is 7.13. The Kier molecular flexibility index (Phi) is 9.57. The number of nitrogens with zero attached hydrogens (tertiary/aromatic N) is 1. The van der Waals surface area contributed by atoms with Gasteiger partial charge in [-0.2, -0.15) is 8.78 Å². The molecule has 0 spiro atoms. The van der Waals surface area contributed by atoms with Gasteiger partial charge in [0.2, 0.25) is 0 Å². The third-order valence-electron chi connectivity index (χ3n) is 6.39. The van der Waals surface area contributed by atoms with E-state index in [2.05, 4.69) is 12.1 Å². The quantitative estimate of drug-likeness (QED) is 0.315. The topological polar surface area (TPSA) is 66.8 Å². The van der Waals surface area contributed by atoms with E-state index >= 15 is 0 Å². The average Bonchev–Trinajstić information content (AvgIpc) is 3.40. The first-order valence-corrected chi connectivity index (χ1v) is 12.8. The summed E-state index contributed by atoms with van der Waals surface area (Å²) in [6.07, 6.45) is 5.47. The number of benzene rings is 1. The molecule has 1 saturated heterocycles. The van der Waals surface area contributed by atoms with Gasteiger partial charge in [0.25, 0.3) is 5.91 Å². The largest absolute Gasteiger partial charge is 0.465 e. The molecule has 0 bridgehead atoms. The summed E-state index contributed by atoms with van der Waals surface area (Å²) in [7, 11) is 1.32. The third-order valence-corrected chi connectivity index (χ3v) is 7.52. The molecule has 1 fully saturated rings. The number of esters is 1. The standard InChI is InChI=1S/C27H33F2NO4S/c1-19(8-6-11-20-9-4-3-5-10-20)23(31)15-13-21-18-27(28,29)26(33)30(21)17-7-12-22-14-16-24(35-22)25(32)34-2/h3-5,9-10,13-16,19,21,23,31H,6-8,11-12,17-18H2,1-2H3/t19-,21-,23?/m0/s1. The van der Waals surface area contributed by atoms with Crippen molar-refractivity contribution in [2.24, 2.45) is 5.92 Å². The van der Waals surface area contributed by atoms with Gasteiger partial charge in [-0.15, -0.1) is 11.3 Å². The minimum Gasteiger partial charge on any atom is -0.465 e. The molecule has 1 N–H and O–H groups in total. The van der Waals surface area contributed by atoms with Crippen LogP contribution in [0.4, 0.5) is 8.78 Å². The smallest absolute Gasteiger partial charge is 0.348 e. The van der Waals surface area contributed by atoms with Crippen LogP contribution in [0.25, 0.3) is 0 Å². The number of carbonyl (C=O) groups is 2. The van der Waals surface area contributed by atoms with Crippen LogP contribution in [0, 0.1) is 5.92 Å². The van der Waals surface area contributed by atoms with Crippen molar-refractivity contribution in [1.82, 2.24) is 4.90 Å². The second kappa shape index (κ2) is 12.4. The van der Waals surface area contributed by atoms with Crippen molar-refractivity contribution in [3.63, 3.8) is 0 Å². The molecule has 8 heteroatoms. The highest BCUT2D eigenvalue weighted by atomic mass is 32.1. The maximum Gasteiger partial charge on any atom is 0.348 e. The molecule has 0 saturated carbocycles. The Bertz CT molecular complexity index is 1010. The number of aliphatic hydroxyl groups is 1. The van der Waals surface area contributed by atoms with Crippen LogP contribution in [-0.4, -0.2) is 53.6 Å². The molecular formula is C27H33F2NO4S. The van der Waals surface area contributed by atoms with Crippen molar-refractivity contribution in [3.8, 4) is 0 Å². The van der Waals surface area contributed by atoms with Gasteiger partial charge in [-0.1, -0.05) is 49.4 Å². The van der Waals surface area contributed by atoms with Crippen LogP contribution in [0.5, 0.6) is 0 Å². The molecule has 190 valence electrons. The number of halogens is 2. The molecule has 2 aromatic rings. The van der Waals surface area contributed by atoms with Gasteiger partial charge in [0.1, 0.15) is 4.88 Å². The fraction of sp³-hybridized carbons (Fsp3) is 0.481. The van der Waals surface area contributed by atoms with Crippen LogP contribution in [-0.2, 0) is 22.4 Å². The lowest BCUT2D eigenvalue weighted by Gasteiger charge is -2.22. The molecule has 1 aliphatic rings. The first kappa shape index (κ1) is 27.0. The van der Waals surface area contributed by atoms with Crippen LogP contribution in [0.1, 0.15) is 52.7 Å². The highest BCUT2D eigenvalue weighted by Crippen LogP contribution is 2.34. The fourth-order valence-corrected chi connectivity index (χ4v) is 5.25. The molecule has 2 heterocycles. The minimum absolute atomic E-state index is 0.0242. The lowest BCUT2D eigenvalue weighted by Crippen LogP contribution is -2.36. The molecule has 3 rings (SSSR count). The SMILES string of the molecule is COC(=O)c1ccc(CCCN2C(=O)C(F)(F)C[C@@H]2C=CC(O)[C@@H](C)CCCc2ccccc2)s1. The number of likely N-dealkylation sites (tertiary alicyclic amines) is 1. The van der Waals surface area contributed by atoms with Crippen molar-refractivity contribution >= 4 is 23.2 Å². The monoisotopic (exact) mass is 505 g/mol. The van der Waals surface area contributed by atoms with Crippen LogP contribution in [0.3, 0.4) is 0 Å². The lowest BCUT2D eigenvalue weighted by atomic mass is 9.95. The molecule has 0 radical (unpaired) electrons. The van der Waals surface area contributed by atoms with Crippen molar-refractivity contribution in [3.05, 3.63) is 69.9 Å². The van der Waals surface area contributed by atoms with Gasteiger partial charge in [-0.25, -0.2) is 4.79 Å². The Morgan fingerprint density at radius 2 is 1.97 bits per heavy atom. The van der Waals surface area contributed by atoms with Gasteiger partial charge in [-0.3, -0.25) is 4.79 Å². The lowest BCUT2D eigenvalue weighted by molar-refractivity contribution is -0.148. The van der Waals surface area contributed by atoms with E-state index in [1.807, 2.05) is 31.2 Å². The molecule has 1 aromatic heterocycles. The second-order valence-corrected chi connectivity index (χ2v) is 10.2. The van der Waals surface area contributed by atoms with Crippen molar-refractivity contribution in [1.29, 1.82) is 0 Å². The van der Waals surface area contributed by atoms with Gasteiger partial charge in [0, 0.05) is 17.8 Å². The van der Waals surface area contributed by atoms with E-state index in [9.17, 15) is 23.5 Å². The summed E-state index contributed by atoms with van der Waals surface area (Å²) >= 11 is 1.30. The number of hydrogen-bond acceptors (Lipinski definition) is 5. The molecule has 3 atom stereocenters. The third kappa shape index (κ3) is 7.45. The molecule has 35 heavy (non-hydrogen) atoms. The summed E-state index contributed by atoms with van der Waals surface area (Å²) in [6, 6.07) is 12.9. The van der Waals surface area contributed by atoms with E-state index in [-0.39, 0.29) is 12.5 Å². The summed E-state index contributed by atoms with van der Waals surface area (Å²) < 4.78 is 33.1. The average molecular weight is 506 g/mol. The number of aryl methyl sites for hydroxylation is 2. The van der Waals surface area contributed by atoms with Gasteiger partial charge >= 0.3 is 11.9 Å². The number of aliphatic hydroxyl groups excluding tert-OH is 1. The number of hydrogen-bond donors (Lipinski definition) is 1. The Hall–Kier alpha value is -2.58. The van der Waals surface area contributed by atoms with Gasteiger partial charge in [0.05, 0.1) is 19.3 Å². The van der Waals surface area contributed by atoms with E-state index < -0.39 is 36.4 Å². The molecule has 1 amide bonds. The number of carbonyl (C=O) groups excluding carboxylic acids is 2. The summed E-state index contributed by atoms with van der Waals surface area (Å²) in [5.74, 6) is -5.00. The Morgan fingerprint density at radius 3 is 2.69 bits per heavy atom. The van der Waals surface area contributed by atoms with Crippen molar-refractivity contribution in [2.45, 2.75) is 63.5 Å². The summed E-state index contributed by atoms with van der Waals surface area (Å²) in [5.41, 5.74) is 1.25. The van der Waals surface area contributed by atoms with E-state index in [0.717, 1.165) is 24.1 Å². The molecule has 1 aromatic carbocycles. The Balaban J connectivity index is 1.51. The zero-order valence-corrected chi connectivity index (χ0v) is 21.0. The molecule has 5 nitrogen and oxygen atoms in total. The van der Waals surface area contributed by atoms with Crippen LogP contribution in [0.15, 0.2) is 54.6 Å². The second-order valence-electron chi connectivity index (χ2n) is 9.07. The molecule has 1 aliphatic heterocycles. The molecule has 0 aliphatic carbocycles. The Labute approximate surface area is 209 Å². The number of alkyl halides is 2.